The molecule has 6 nitrogen and oxygen atoms in total. The fraction of sp³-hybridized carbons (Fsp3) is 0.435. The maximum atomic E-state index is 14.0. The van der Waals surface area contributed by atoms with E-state index < -0.39 is 17.3 Å². The summed E-state index contributed by atoms with van der Waals surface area (Å²) >= 11 is 0. The number of aryl methyl sites for hydroxylation is 1. The molecule has 1 saturated heterocycles. The Kier molecular flexibility index (Phi) is 4.16. The van der Waals surface area contributed by atoms with E-state index in [1.54, 1.807) is 4.68 Å². The van der Waals surface area contributed by atoms with E-state index in [4.69, 9.17) is 5.10 Å². The van der Waals surface area contributed by atoms with Gasteiger partial charge in [0.2, 0.25) is 0 Å². The number of rotatable bonds is 4. The Bertz CT molecular complexity index is 1220. The minimum Gasteiger partial charge on any atom is -0.477 e. The lowest BCUT2D eigenvalue weighted by Crippen LogP contribution is -2.23. The molecule has 1 unspecified atom stereocenters. The van der Waals surface area contributed by atoms with E-state index in [9.17, 15) is 18.7 Å². The molecule has 1 spiro atoms. The normalized spacial score (nSPS) is 22.1. The number of hydrogen-bond donors (Lipinski definition) is 1. The number of carboxylic acids is 1. The Morgan fingerprint density at radius 2 is 2.00 bits per heavy atom. The molecule has 1 aliphatic carbocycles. The molecule has 2 fully saturated rings. The molecule has 8 heteroatoms. The Morgan fingerprint density at radius 3 is 2.58 bits per heavy atom. The Balaban J connectivity index is 1.74. The van der Waals surface area contributed by atoms with Gasteiger partial charge in [0, 0.05) is 19.5 Å². The summed E-state index contributed by atoms with van der Waals surface area (Å²) in [6.45, 7) is 6.67. The van der Waals surface area contributed by atoms with E-state index in [1.807, 2.05) is 49.9 Å². The third-order valence-corrected chi connectivity index (χ3v) is 6.56. The third kappa shape index (κ3) is 2.99. The SMILES string of the molecule is Cc1cccc(-n2nc(C(C)C)c3c(N4CCC5(C4)CC5(F)F)cc(C(=O)O)nc32)c1. The average Bonchev–Trinajstić information content (AvgIpc) is 3.06. The number of alkyl halides is 2. The van der Waals surface area contributed by atoms with Gasteiger partial charge in [0.15, 0.2) is 11.3 Å². The standard InChI is InChI=1S/C23H24F2N4O2/c1-13(2)19-18-17(28-8-7-22(12-28)11-23(22,24)25)10-16(21(30)31)26-20(18)29(27-19)15-6-4-5-14(3)9-15/h4-6,9-10,13H,7-8,11-12H2,1-3H3,(H,30,31). The number of aromatic carboxylic acids is 1. The number of anilines is 1. The van der Waals surface area contributed by atoms with Crippen molar-refractivity contribution in [3.63, 3.8) is 0 Å². The highest BCUT2D eigenvalue weighted by atomic mass is 19.3. The van der Waals surface area contributed by atoms with Crippen molar-refractivity contribution >= 4 is 22.7 Å². The number of benzene rings is 1. The minimum absolute atomic E-state index is 0.0451. The third-order valence-electron chi connectivity index (χ3n) is 6.56. The molecule has 1 aromatic carbocycles. The highest BCUT2D eigenvalue weighted by Gasteiger charge is 2.72. The van der Waals surface area contributed by atoms with Gasteiger partial charge >= 0.3 is 5.97 Å². The molecule has 1 atom stereocenters. The van der Waals surface area contributed by atoms with Crippen LogP contribution < -0.4 is 4.90 Å². The largest absolute Gasteiger partial charge is 0.477 e. The number of halogens is 2. The van der Waals surface area contributed by atoms with Gasteiger partial charge in [0.25, 0.3) is 5.92 Å². The van der Waals surface area contributed by atoms with E-state index in [2.05, 4.69) is 4.98 Å². The first-order chi connectivity index (χ1) is 14.6. The predicted molar refractivity (Wildman–Crippen MR) is 113 cm³/mol. The lowest BCUT2D eigenvalue weighted by molar-refractivity contribution is 0.0687. The van der Waals surface area contributed by atoms with Crippen LogP contribution in [-0.2, 0) is 0 Å². The molecule has 3 heterocycles. The summed E-state index contributed by atoms with van der Waals surface area (Å²) in [5, 5.41) is 15.2. The predicted octanol–water partition coefficient (Wildman–Crippen LogP) is 4.79. The monoisotopic (exact) mass is 426 g/mol. The van der Waals surface area contributed by atoms with Gasteiger partial charge in [0.05, 0.1) is 27.9 Å². The number of carboxylic acid groups (broad SMARTS) is 1. The van der Waals surface area contributed by atoms with E-state index in [1.165, 1.54) is 6.07 Å². The van der Waals surface area contributed by atoms with Crippen LogP contribution in [0, 0.1) is 12.3 Å². The summed E-state index contributed by atoms with van der Waals surface area (Å²) in [5.74, 6) is -3.75. The highest BCUT2D eigenvalue weighted by molar-refractivity contribution is 5.98. The van der Waals surface area contributed by atoms with Gasteiger partial charge in [-0.3, -0.25) is 0 Å². The van der Waals surface area contributed by atoms with Crippen LogP contribution >= 0.6 is 0 Å². The number of pyridine rings is 1. The molecule has 3 aromatic rings. The lowest BCUT2D eigenvalue weighted by Gasteiger charge is -2.21. The average molecular weight is 426 g/mol. The van der Waals surface area contributed by atoms with E-state index in [-0.39, 0.29) is 24.6 Å². The summed E-state index contributed by atoms with van der Waals surface area (Å²) in [4.78, 5) is 18.2. The van der Waals surface area contributed by atoms with Crippen molar-refractivity contribution in [3.8, 4) is 5.69 Å². The maximum Gasteiger partial charge on any atom is 0.354 e. The topological polar surface area (TPSA) is 71.2 Å². The van der Waals surface area contributed by atoms with Gasteiger partial charge < -0.3 is 10.0 Å². The molecule has 5 rings (SSSR count). The first-order valence-electron chi connectivity index (χ1n) is 10.5. The van der Waals surface area contributed by atoms with Gasteiger partial charge in [-0.2, -0.15) is 5.10 Å². The van der Waals surface area contributed by atoms with Crippen LogP contribution in [0.1, 0.15) is 54.4 Å². The lowest BCUT2D eigenvalue weighted by atomic mass is 10.0. The van der Waals surface area contributed by atoms with Gasteiger partial charge in [0.1, 0.15) is 0 Å². The molecule has 1 N–H and O–H groups in total. The van der Waals surface area contributed by atoms with E-state index in [0.717, 1.165) is 22.3 Å². The molecule has 162 valence electrons. The van der Waals surface area contributed by atoms with Crippen molar-refractivity contribution in [1.82, 2.24) is 14.8 Å². The van der Waals surface area contributed by atoms with Crippen molar-refractivity contribution in [1.29, 1.82) is 0 Å². The summed E-state index contributed by atoms with van der Waals surface area (Å²) in [6, 6.07) is 9.25. The zero-order chi connectivity index (χ0) is 22.1. The van der Waals surface area contributed by atoms with Crippen LogP contribution in [0.15, 0.2) is 30.3 Å². The Labute approximate surface area is 178 Å². The summed E-state index contributed by atoms with van der Waals surface area (Å²) in [5.41, 5.74) is 2.56. The van der Waals surface area contributed by atoms with Crippen LogP contribution in [0.3, 0.4) is 0 Å². The van der Waals surface area contributed by atoms with Gasteiger partial charge in [-0.15, -0.1) is 0 Å². The van der Waals surface area contributed by atoms with Crippen molar-refractivity contribution in [2.24, 2.45) is 5.41 Å². The van der Waals surface area contributed by atoms with Crippen LogP contribution in [0.5, 0.6) is 0 Å². The first-order valence-corrected chi connectivity index (χ1v) is 10.5. The van der Waals surface area contributed by atoms with Gasteiger partial charge in [-0.25, -0.2) is 23.2 Å². The van der Waals surface area contributed by atoms with Crippen LogP contribution in [-0.4, -0.2) is 44.9 Å². The molecule has 1 aliphatic heterocycles. The fourth-order valence-electron chi connectivity index (χ4n) is 4.73. The summed E-state index contributed by atoms with van der Waals surface area (Å²) < 4.78 is 29.7. The van der Waals surface area contributed by atoms with Gasteiger partial charge in [-0.1, -0.05) is 26.0 Å². The molecule has 0 amide bonds. The van der Waals surface area contributed by atoms with Crippen molar-refractivity contribution in [3.05, 3.63) is 47.3 Å². The Hall–Kier alpha value is -3.03. The minimum atomic E-state index is -2.64. The second-order valence-corrected chi connectivity index (χ2v) is 9.15. The molecule has 0 radical (unpaired) electrons. The van der Waals surface area contributed by atoms with E-state index >= 15 is 0 Å². The maximum absolute atomic E-state index is 14.0. The summed E-state index contributed by atoms with van der Waals surface area (Å²) in [7, 11) is 0. The quantitative estimate of drug-likeness (QED) is 0.650. The fourth-order valence-corrected chi connectivity index (χ4v) is 4.73. The zero-order valence-corrected chi connectivity index (χ0v) is 17.7. The molecule has 31 heavy (non-hydrogen) atoms. The Morgan fingerprint density at radius 1 is 1.26 bits per heavy atom. The van der Waals surface area contributed by atoms with Gasteiger partial charge in [-0.05, 0) is 43.0 Å². The molecular formula is C23H24F2N4O2. The number of aromatic nitrogens is 3. The van der Waals surface area contributed by atoms with Crippen molar-refractivity contribution < 1.29 is 18.7 Å². The van der Waals surface area contributed by atoms with Crippen molar-refractivity contribution in [2.45, 2.75) is 45.5 Å². The molecule has 0 bridgehead atoms. The number of hydrogen-bond acceptors (Lipinski definition) is 4. The summed E-state index contributed by atoms with van der Waals surface area (Å²) in [6.07, 6.45) is 0.297. The molecule has 1 saturated carbocycles. The second kappa shape index (κ2) is 6.48. The smallest absolute Gasteiger partial charge is 0.354 e. The van der Waals surface area contributed by atoms with Crippen LogP contribution in [0.2, 0.25) is 0 Å². The first kappa shape index (κ1) is 19.9. The molecular weight excluding hydrogens is 402 g/mol. The zero-order valence-electron chi connectivity index (χ0n) is 17.7. The highest BCUT2D eigenvalue weighted by Crippen LogP contribution is 2.65. The van der Waals surface area contributed by atoms with Crippen LogP contribution in [0.4, 0.5) is 14.5 Å². The number of nitrogens with zero attached hydrogens (tertiary/aromatic N) is 4. The number of carbonyl (C=O) groups is 1. The van der Waals surface area contributed by atoms with Crippen LogP contribution in [0.25, 0.3) is 16.7 Å². The second-order valence-electron chi connectivity index (χ2n) is 9.15. The molecule has 2 aliphatic rings. The van der Waals surface area contributed by atoms with E-state index in [0.29, 0.717) is 24.3 Å². The molecule has 2 aromatic heterocycles. The van der Waals surface area contributed by atoms with Crippen molar-refractivity contribution in [2.75, 3.05) is 18.0 Å². The number of fused-ring (bicyclic) bond motifs is 1.